The Hall–Kier alpha value is -3.31. The van der Waals surface area contributed by atoms with Gasteiger partial charge in [0.15, 0.2) is 12.2 Å². The molecular weight excluding hydrogens is 412 g/mol. The van der Waals surface area contributed by atoms with Gasteiger partial charge in [-0.2, -0.15) is 0 Å². The molecule has 0 aliphatic rings. The van der Waals surface area contributed by atoms with Crippen LogP contribution in [0.5, 0.6) is 5.75 Å². The van der Waals surface area contributed by atoms with E-state index in [1.54, 1.807) is 18.2 Å². The number of anilines is 1. The Morgan fingerprint density at radius 1 is 0.968 bits per heavy atom. The van der Waals surface area contributed by atoms with Crippen molar-refractivity contribution in [2.75, 3.05) is 11.9 Å². The monoisotopic (exact) mass is 434 g/mol. The maximum absolute atomic E-state index is 12.3. The molecule has 0 atom stereocenters. The van der Waals surface area contributed by atoms with E-state index in [1.807, 2.05) is 32.0 Å². The van der Waals surface area contributed by atoms with Crippen LogP contribution in [-0.4, -0.2) is 17.5 Å². The van der Waals surface area contributed by atoms with Gasteiger partial charge in [-0.1, -0.05) is 17.7 Å². The van der Waals surface area contributed by atoms with Crippen LogP contribution in [0.15, 0.2) is 52.9 Å². The number of rotatable bonds is 5. The quantitative estimate of drug-likeness (QED) is 0.394. The Balaban J connectivity index is 1.46. The lowest BCUT2D eigenvalue weighted by molar-refractivity contribution is -0.118. The van der Waals surface area contributed by atoms with Crippen LogP contribution >= 0.6 is 11.6 Å². The highest BCUT2D eigenvalue weighted by molar-refractivity contribution is 6.32. The van der Waals surface area contributed by atoms with E-state index in [-0.39, 0.29) is 12.5 Å². The van der Waals surface area contributed by atoms with Gasteiger partial charge in [-0.3, -0.25) is 4.79 Å². The van der Waals surface area contributed by atoms with Gasteiger partial charge < -0.3 is 14.5 Å². The number of nitrogens with zero attached hydrogens (tertiary/aromatic N) is 1. The number of nitrogens with one attached hydrogen (secondary N) is 1. The van der Waals surface area contributed by atoms with Crippen LogP contribution in [0.4, 0.5) is 5.69 Å². The normalized spacial score (nSPS) is 11.0. The number of hydrogen-bond acceptors (Lipinski definition) is 4. The van der Waals surface area contributed by atoms with Crippen LogP contribution in [0.3, 0.4) is 0 Å². The smallest absolute Gasteiger partial charge is 0.262 e. The second-order valence-electron chi connectivity index (χ2n) is 7.71. The molecule has 0 saturated heterocycles. The molecule has 0 unspecified atom stereocenters. The summed E-state index contributed by atoms with van der Waals surface area (Å²) in [4.78, 5) is 16.9. The lowest BCUT2D eigenvalue weighted by atomic mass is 10.1. The third kappa shape index (κ3) is 4.57. The molecular formula is C25H23ClN2O3. The Morgan fingerprint density at radius 2 is 1.71 bits per heavy atom. The van der Waals surface area contributed by atoms with Gasteiger partial charge in [0.1, 0.15) is 11.3 Å². The van der Waals surface area contributed by atoms with Crippen LogP contribution in [0.1, 0.15) is 22.3 Å². The number of aryl methyl sites for hydroxylation is 4. The summed E-state index contributed by atoms with van der Waals surface area (Å²) in [5.41, 5.74) is 7.11. The van der Waals surface area contributed by atoms with Crippen LogP contribution in [0, 0.1) is 27.7 Å². The molecule has 158 valence electrons. The van der Waals surface area contributed by atoms with E-state index in [0.717, 1.165) is 16.7 Å². The molecule has 0 spiro atoms. The average molecular weight is 435 g/mol. The second-order valence-corrected chi connectivity index (χ2v) is 8.09. The number of carbonyl (C=O) groups is 1. The van der Waals surface area contributed by atoms with Crippen molar-refractivity contribution in [1.29, 1.82) is 0 Å². The van der Waals surface area contributed by atoms with Crippen LogP contribution in [-0.2, 0) is 4.79 Å². The van der Waals surface area contributed by atoms with Crippen molar-refractivity contribution in [3.05, 3.63) is 75.8 Å². The Bertz CT molecular complexity index is 1270. The minimum Gasteiger partial charge on any atom is -0.484 e. The van der Waals surface area contributed by atoms with E-state index in [9.17, 15) is 4.79 Å². The first-order valence-corrected chi connectivity index (χ1v) is 10.4. The van der Waals surface area contributed by atoms with Crippen LogP contribution < -0.4 is 10.1 Å². The lowest BCUT2D eigenvalue weighted by Crippen LogP contribution is -2.20. The fraction of sp³-hybridized carbons (Fsp3) is 0.200. The summed E-state index contributed by atoms with van der Waals surface area (Å²) < 4.78 is 11.5. The minimum absolute atomic E-state index is 0.106. The van der Waals surface area contributed by atoms with Gasteiger partial charge >= 0.3 is 0 Å². The molecule has 0 fully saturated rings. The topological polar surface area (TPSA) is 64.4 Å². The Kier molecular flexibility index (Phi) is 5.70. The summed E-state index contributed by atoms with van der Waals surface area (Å²) in [6, 6.07) is 15.1. The predicted molar refractivity (Wildman–Crippen MR) is 124 cm³/mol. The SMILES string of the molecule is Cc1ccc(-c2nc3cc(NC(=O)COc4cc(C)c(Cl)c(C)c4)ccc3o2)cc1C. The van der Waals surface area contributed by atoms with Gasteiger partial charge in [-0.25, -0.2) is 4.98 Å². The van der Waals surface area contributed by atoms with Crippen molar-refractivity contribution in [1.82, 2.24) is 4.98 Å². The summed E-state index contributed by atoms with van der Waals surface area (Å²) >= 11 is 6.17. The van der Waals surface area contributed by atoms with E-state index in [0.29, 0.717) is 33.4 Å². The molecule has 0 bridgehead atoms. The van der Waals surface area contributed by atoms with Gasteiger partial charge in [0, 0.05) is 16.3 Å². The molecule has 0 radical (unpaired) electrons. The van der Waals surface area contributed by atoms with Crippen molar-refractivity contribution < 1.29 is 13.9 Å². The molecule has 1 heterocycles. The van der Waals surface area contributed by atoms with E-state index >= 15 is 0 Å². The largest absolute Gasteiger partial charge is 0.484 e. The molecule has 5 nitrogen and oxygen atoms in total. The molecule has 4 rings (SSSR count). The molecule has 3 aromatic carbocycles. The summed E-state index contributed by atoms with van der Waals surface area (Å²) in [5.74, 6) is 0.903. The van der Waals surface area contributed by atoms with Gasteiger partial charge in [0.05, 0.1) is 0 Å². The van der Waals surface area contributed by atoms with E-state index in [2.05, 4.69) is 36.3 Å². The molecule has 1 amide bonds. The fourth-order valence-corrected chi connectivity index (χ4v) is 3.45. The van der Waals surface area contributed by atoms with Gasteiger partial charge in [-0.05, 0) is 92.4 Å². The van der Waals surface area contributed by atoms with Crippen molar-refractivity contribution in [2.45, 2.75) is 27.7 Å². The number of aromatic nitrogens is 1. The third-order valence-electron chi connectivity index (χ3n) is 5.21. The predicted octanol–water partition coefficient (Wildman–Crippen LogP) is 6.40. The number of hydrogen-bond donors (Lipinski definition) is 1. The molecule has 1 aromatic heterocycles. The minimum atomic E-state index is -0.262. The molecule has 0 aliphatic heterocycles. The third-order valence-corrected chi connectivity index (χ3v) is 5.80. The first-order chi connectivity index (χ1) is 14.8. The Labute approximate surface area is 186 Å². The first-order valence-electron chi connectivity index (χ1n) is 9.98. The van der Waals surface area contributed by atoms with E-state index < -0.39 is 0 Å². The lowest BCUT2D eigenvalue weighted by Gasteiger charge is -2.10. The number of amides is 1. The molecule has 6 heteroatoms. The van der Waals surface area contributed by atoms with Gasteiger partial charge in [0.2, 0.25) is 5.89 Å². The summed E-state index contributed by atoms with van der Waals surface area (Å²) in [6.45, 7) is 7.83. The zero-order chi connectivity index (χ0) is 22.1. The maximum Gasteiger partial charge on any atom is 0.262 e. The van der Waals surface area contributed by atoms with Crippen molar-refractivity contribution in [3.8, 4) is 17.2 Å². The van der Waals surface area contributed by atoms with Crippen LogP contribution in [0.25, 0.3) is 22.6 Å². The summed E-state index contributed by atoms with van der Waals surface area (Å²) in [7, 11) is 0. The van der Waals surface area contributed by atoms with E-state index in [4.69, 9.17) is 20.8 Å². The number of halogens is 1. The average Bonchev–Trinajstić information content (AvgIpc) is 3.15. The number of ether oxygens (including phenoxy) is 1. The molecule has 0 aliphatic carbocycles. The van der Waals surface area contributed by atoms with Gasteiger partial charge in [-0.15, -0.1) is 0 Å². The highest BCUT2D eigenvalue weighted by atomic mass is 35.5. The number of oxazole rings is 1. The van der Waals surface area contributed by atoms with Crippen molar-refractivity contribution >= 4 is 34.3 Å². The number of benzene rings is 3. The molecule has 31 heavy (non-hydrogen) atoms. The molecule has 4 aromatic rings. The number of carbonyl (C=O) groups excluding carboxylic acids is 1. The van der Waals surface area contributed by atoms with Crippen molar-refractivity contribution in [2.24, 2.45) is 0 Å². The first kappa shape index (κ1) is 20.9. The zero-order valence-corrected chi connectivity index (χ0v) is 18.6. The standard InChI is InChI=1S/C25H23ClN2O3/c1-14-5-6-18(9-15(14)2)25-28-21-12-19(7-8-22(21)31-25)27-23(29)13-30-20-10-16(3)24(26)17(4)11-20/h5-12H,13H2,1-4H3,(H,27,29). The molecule has 0 saturated carbocycles. The number of fused-ring (bicyclic) bond motifs is 1. The highest BCUT2D eigenvalue weighted by Gasteiger charge is 2.12. The Morgan fingerprint density at radius 3 is 2.42 bits per heavy atom. The van der Waals surface area contributed by atoms with Gasteiger partial charge in [0.25, 0.3) is 5.91 Å². The van der Waals surface area contributed by atoms with E-state index in [1.165, 1.54) is 11.1 Å². The zero-order valence-electron chi connectivity index (χ0n) is 17.9. The maximum atomic E-state index is 12.3. The highest BCUT2D eigenvalue weighted by Crippen LogP contribution is 2.28. The second kappa shape index (κ2) is 8.44. The summed E-state index contributed by atoms with van der Waals surface area (Å²) in [6.07, 6.45) is 0. The fourth-order valence-electron chi connectivity index (χ4n) is 3.34. The molecule has 1 N–H and O–H groups in total. The summed E-state index contributed by atoms with van der Waals surface area (Å²) in [5, 5.41) is 3.55. The van der Waals surface area contributed by atoms with Crippen molar-refractivity contribution in [3.63, 3.8) is 0 Å². The van der Waals surface area contributed by atoms with Crippen LogP contribution in [0.2, 0.25) is 5.02 Å².